The van der Waals surface area contributed by atoms with Gasteiger partial charge in [-0.05, 0) is 38.8 Å². The molecule has 2 fully saturated rings. The van der Waals surface area contributed by atoms with E-state index in [0.717, 1.165) is 49.3 Å². The monoisotopic (exact) mass is 316 g/mol. The molecule has 3 aliphatic rings. The lowest BCUT2D eigenvalue weighted by Gasteiger charge is -2.32. The average molecular weight is 316 g/mol. The molecular formula is C18H24N2O3. The Balaban J connectivity index is 1.73. The Kier molecular flexibility index (Phi) is 3.68. The van der Waals surface area contributed by atoms with Crippen LogP contribution in [0, 0.1) is 0 Å². The third-order valence-electron chi connectivity index (χ3n) is 5.08. The molecule has 23 heavy (non-hydrogen) atoms. The topological polar surface area (TPSA) is 50.8 Å². The summed E-state index contributed by atoms with van der Waals surface area (Å²) < 4.78 is 11.8. The molecule has 2 saturated heterocycles. The van der Waals surface area contributed by atoms with Crippen LogP contribution in [0.2, 0.25) is 0 Å². The molecule has 0 bridgehead atoms. The number of carbonyl (C=O) groups excluding carboxylic acids is 1. The van der Waals surface area contributed by atoms with E-state index in [2.05, 4.69) is 29.3 Å². The second-order valence-corrected chi connectivity index (χ2v) is 6.72. The lowest BCUT2D eigenvalue weighted by molar-refractivity contribution is -0.122. The van der Waals surface area contributed by atoms with Crippen LogP contribution in [-0.4, -0.2) is 36.1 Å². The predicted octanol–water partition coefficient (Wildman–Crippen LogP) is 2.39. The molecule has 124 valence electrons. The van der Waals surface area contributed by atoms with E-state index < -0.39 is 0 Å². The van der Waals surface area contributed by atoms with E-state index in [-0.39, 0.29) is 24.2 Å². The molecule has 4 rings (SSSR count). The molecular weight excluding hydrogens is 292 g/mol. The Morgan fingerprint density at radius 2 is 2.26 bits per heavy atom. The molecule has 5 nitrogen and oxygen atoms in total. The predicted molar refractivity (Wildman–Crippen MR) is 86.6 cm³/mol. The fourth-order valence-corrected chi connectivity index (χ4v) is 4.06. The lowest BCUT2D eigenvalue weighted by atomic mass is 10.0. The van der Waals surface area contributed by atoms with Crippen LogP contribution in [-0.2, 0) is 11.2 Å². The SMILES string of the molecule is CCOc1cc2c(cc1C1NC(=O)C3CCCCN31)OC(C)C2. The Morgan fingerprint density at radius 1 is 1.39 bits per heavy atom. The standard InChI is InChI=1S/C18H24N2O3/c1-3-22-16-9-12-8-11(2)23-15(12)10-13(16)17-19-18(21)14-6-4-5-7-20(14)17/h9-11,14,17H,3-8H2,1-2H3,(H,19,21). The number of rotatable bonds is 3. The van der Waals surface area contributed by atoms with Crippen LogP contribution >= 0.6 is 0 Å². The molecule has 0 radical (unpaired) electrons. The maximum absolute atomic E-state index is 12.3. The number of nitrogens with one attached hydrogen (secondary N) is 1. The van der Waals surface area contributed by atoms with Gasteiger partial charge in [0.1, 0.15) is 23.8 Å². The number of hydrogen-bond acceptors (Lipinski definition) is 4. The van der Waals surface area contributed by atoms with Crippen LogP contribution < -0.4 is 14.8 Å². The summed E-state index contributed by atoms with van der Waals surface area (Å²) in [6.45, 7) is 5.64. The molecule has 0 spiro atoms. The minimum Gasteiger partial charge on any atom is -0.493 e. The first-order chi connectivity index (χ1) is 11.2. The van der Waals surface area contributed by atoms with Crippen molar-refractivity contribution in [1.29, 1.82) is 0 Å². The molecule has 0 saturated carbocycles. The van der Waals surface area contributed by atoms with Gasteiger partial charge in [-0.3, -0.25) is 9.69 Å². The van der Waals surface area contributed by atoms with Crippen molar-refractivity contribution >= 4 is 5.91 Å². The van der Waals surface area contributed by atoms with Crippen LogP contribution in [0.15, 0.2) is 12.1 Å². The zero-order chi connectivity index (χ0) is 16.0. The highest BCUT2D eigenvalue weighted by molar-refractivity contribution is 5.84. The Labute approximate surface area is 136 Å². The van der Waals surface area contributed by atoms with Crippen molar-refractivity contribution in [3.63, 3.8) is 0 Å². The number of benzene rings is 1. The summed E-state index contributed by atoms with van der Waals surface area (Å²) in [5.41, 5.74) is 2.22. The van der Waals surface area contributed by atoms with Gasteiger partial charge in [-0.1, -0.05) is 6.42 Å². The van der Waals surface area contributed by atoms with E-state index in [1.807, 2.05) is 6.92 Å². The van der Waals surface area contributed by atoms with Gasteiger partial charge < -0.3 is 14.8 Å². The van der Waals surface area contributed by atoms with Crippen LogP contribution in [0.3, 0.4) is 0 Å². The highest BCUT2D eigenvalue weighted by Crippen LogP contribution is 2.41. The smallest absolute Gasteiger partial charge is 0.238 e. The number of hydrogen-bond donors (Lipinski definition) is 1. The minimum atomic E-state index is -0.0980. The molecule has 1 N–H and O–H groups in total. The van der Waals surface area contributed by atoms with Crippen molar-refractivity contribution in [3.05, 3.63) is 23.3 Å². The van der Waals surface area contributed by atoms with Crippen molar-refractivity contribution < 1.29 is 14.3 Å². The Morgan fingerprint density at radius 3 is 3.09 bits per heavy atom. The largest absolute Gasteiger partial charge is 0.493 e. The van der Waals surface area contributed by atoms with Gasteiger partial charge in [0.2, 0.25) is 5.91 Å². The molecule has 3 unspecified atom stereocenters. The number of piperidine rings is 1. The molecule has 0 aliphatic carbocycles. The van der Waals surface area contributed by atoms with Gasteiger partial charge in [-0.25, -0.2) is 0 Å². The fraction of sp³-hybridized carbons (Fsp3) is 0.611. The highest BCUT2D eigenvalue weighted by atomic mass is 16.5. The van der Waals surface area contributed by atoms with Crippen LogP contribution in [0.25, 0.3) is 0 Å². The van der Waals surface area contributed by atoms with E-state index in [9.17, 15) is 4.79 Å². The summed E-state index contributed by atoms with van der Waals surface area (Å²) in [6, 6.07) is 4.18. The number of nitrogens with zero attached hydrogens (tertiary/aromatic N) is 1. The zero-order valence-corrected chi connectivity index (χ0v) is 13.8. The first-order valence-corrected chi connectivity index (χ1v) is 8.69. The van der Waals surface area contributed by atoms with Crippen molar-refractivity contribution in [1.82, 2.24) is 10.2 Å². The molecule has 0 aromatic heterocycles. The maximum atomic E-state index is 12.3. The molecule has 3 heterocycles. The van der Waals surface area contributed by atoms with Gasteiger partial charge in [0.25, 0.3) is 0 Å². The number of amides is 1. The quantitative estimate of drug-likeness (QED) is 0.930. The van der Waals surface area contributed by atoms with Crippen LogP contribution in [0.4, 0.5) is 0 Å². The third-order valence-corrected chi connectivity index (χ3v) is 5.08. The summed E-state index contributed by atoms with van der Waals surface area (Å²) in [6.07, 6.45) is 4.24. The van der Waals surface area contributed by atoms with Crippen molar-refractivity contribution in [2.45, 2.75) is 57.8 Å². The van der Waals surface area contributed by atoms with Crippen molar-refractivity contribution in [3.8, 4) is 11.5 Å². The summed E-state index contributed by atoms with van der Waals surface area (Å²) in [7, 11) is 0. The number of carbonyl (C=O) groups is 1. The molecule has 3 atom stereocenters. The van der Waals surface area contributed by atoms with Gasteiger partial charge in [0.05, 0.1) is 12.6 Å². The van der Waals surface area contributed by atoms with Crippen LogP contribution in [0.5, 0.6) is 11.5 Å². The first kappa shape index (κ1) is 14.8. The van der Waals surface area contributed by atoms with Gasteiger partial charge in [-0.15, -0.1) is 0 Å². The number of fused-ring (bicyclic) bond motifs is 2. The van der Waals surface area contributed by atoms with Crippen LogP contribution in [0.1, 0.15) is 50.4 Å². The second kappa shape index (κ2) is 5.71. The average Bonchev–Trinajstić information content (AvgIpc) is 3.06. The minimum absolute atomic E-state index is 0.0105. The van der Waals surface area contributed by atoms with Gasteiger partial charge in [0, 0.05) is 24.1 Å². The first-order valence-electron chi connectivity index (χ1n) is 8.69. The van der Waals surface area contributed by atoms with Gasteiger partial charge in [0.15, 0.2) is 0 Å². The molecule has 3 aliphatic heterocycles. The van der Waals surface area contributed by atoms with Crippen molar-refractivity contribution in [2.24, 2.45) is 0 Å². The summed E-state index contributed by atoms with van der Waals surface area (Å²) in [5, 5.41) is 3.16. The lowest BCUT2D eigenvalue weighted by Crippen LogP contribution is -2.38. The molecule has 1 amide bonds. The zero-order valence-electron chi connectivity index (χ0n) is 13.8. The molecule has 5 heteroatoms. The molecule has 1 aromatic carbocycles. The van der Waals surface area contributed by atoms with E-state index in [4.69, 9.17) is 9.47 Å². The van der Waals surface area contributed by atoms with E-state index in [1.165, 1.54) is 5.56 Å². The van der Waals surface area contributed by atoms with Gasteiger partial charge >= 0.3 is 0 Å². The second-order valence-electron chi connectivity index (χ2n) is 6.72. The van der Waals surface area contributed by atoms with E-state index in [0.29, 0.717) is 6.61 Å². The fourth-order valence-electron chi connectivity index (χ4n) is 4.06. The third kappa shape index (κ3) is 2.47. The summed E-state index contributed by atoms with van der Waals surface area (Å²) in [5.74, 6) is 1.96. The summed E-state index contributed by atoms with van der Waals surface area (Å²) >= 11 is 0. The summed E-state index contributed by atoms with van der Waals surface area (Å²) in [4.78, 5) is 14.6. The van der Waals surface area contributed by atoms with E-state index in [1.54, 1.807) is 0 Å². The Hall–Kier alpha value is -1.75. The van der Waals surface area contributed by atoms with Gasteiger partial charge in [-0.2, -0.15) is 0 Å². The maximum Gasteiger partial charge on any atom is 0.238 e. The highest BCUT2D eigenvalue weighted by Gasteiger charge is 2.43. The Bertz CT molecular complexity index is 631. The molecule has 1 aromatic rings. The van der Waals surface area contributed by atoms with E-state index >= 15 is 0 Å². The normalized spacial score (nSPS) is 29.7. The van der Waals surface area contributed by atoms with Crippen molar-refractivity contribution in [2.75, 3.05) is 13.2 Å². The number of ether oxygens (including phenoxy) is 2.